The van der Waals surface area contributed by atoms with Crippen molar-refractivity contribution in [1.82, 2.24) is 15.0 Å². The van der Waals surface area contributed by atoms with E-state index >= 15 is 0 Å². The molecule has 32 heavy (non-hydrogen) atoms. The quantitative estimate of drug-likeness (QED) is 0.525. The number of nitrogens with zero attached hydrogens (tertiary/aromatic N) is 4. The molecule has 166 valence electrons. The molecule has 3 aromatic rings. The van der Waals surface area contributed by atoms with E-state index in [0.29, 0.717) is 10.7 Å². The molecule has 2 N–H and O–H groups in total. The van der Waals surface area contributed by atoms with Crippen LogP contribution in [0.15, 0.2) is 48.8 Å². The van der Waals surface area contributed by atoms with Crippen LogP contribution in [-0.2, 0) is 0 Å². The van der Waals surface area contributed by atoms with E-state index in [1.54, 1.807) is 29.2 Å². The molecule has 1 fully saturated rings. The van der Waals surface area contributed by atoms with E-state index in [0.717, 1.165) is 12.3 Å². The molecule has 0 radical (unpaired) electrons. The molecular formula is C21H18ClF3N6O. The Morgan fingerprint density at radius 2 is 1.81 bits per heavy atom. The van der Waals surface area contributed by atoms with Crippen molar-refractivity contribution in [3.63, 3.8) is 0 Å². The topological polar surface area (TPSA) is 83.0 Å². The lowest BCUT2D eigenvalue weighted by Crippen LogP contribution is -2.39. The maximum atomic E-state index is 13.8. The lowest BCUT2D eigenvalue weighted by molar-refractivity contribution is -0.0220. The largest absolute Gasteiger partial charge is 0.369 e. The van der Waals surface area contributed by atoms with Crippen LogP contribution < -0.4 is 15.5 Å². The lowest BCUT2D eigenvalue weighted by atomic mass is 10.1. The average molecular weight is 463 g/mol. The number of nitrogens with one attached hydrogen (secondary N) is 2. The van der Waals surface area contributed by atoms with Crippen molar-refractivity contribution in [3.8, 4) is 0 Å². The fourth-order valence-corrected chi connectivity index (χ4v) is 3.37. The summed E-state index contributed by atoms with van der Waals surface area (Å²) in [5.74, 6) is -3.91. The van der Waals surface area contributed by atoms with Crippen LogP contribution in [0.25, 0.3) is 0 Å². The van der Waals surface area contributed by atoms with Gasteiger partial charge in [0.25, 0.3) is 11.8 Å². The minimum absolute atomic E-state index is 0.0298. The first kappa shape index (κ1) is 21.8. The number of carbonyl (C=O) groups is 1. The van der Waals surface area contributed by atoms with Crippen LogP contribution in [0.5, 0.6) is 0 Å². The molecule has 7 nitrogen and oxygen atoms in total. The SMILES string of the molecule is O=C(Nc1cnc(F)cc1N1CCC(F)(F)CC1)c1ccnc(Nc2ccc(Cl)cc2)n1. The highest BCUT2D eigenvalue weighted by atomic mass is 35.5. The molecule has 0 saturated carbocycles. The molecule has 0 unspecified atom stereocenters. The summed E-state index contributed by atoms with van der Waals surface area (Å²) in [5, 5.41) is 6.18. The molecule has 0 atom stereocenters. The molecule has 1 aliphatic rings. The van der Waals surface area contributed by atoms with E-state index in [4.69, 9.17) is 11.6 Å². The van der Waals surface area contributed by atoms with Crippen molar-refractivity contribution < 1.29 is 18.0 Å². The van der Waals surface area contributed by atoms with E-state index in [1.165, 1.54) is 12.3 Å². The molecule has 1 aliphatic heterocycles. The Morgan fingerprint density at radius 3 is 2.53 bits per heavy atom. The Balaban J connectivity index is 1.51. The van der Waals surface area contributed by atoms with Gasteiger partial charge < -0.3 is 15.5 Å². The van der Waals surface area contributed by atoms with Crippen LogP contribution in [-0.4, -0.2) is 39.9 Å². The third-order valence-corrected chi connectivity index (χ3v) is 5.17. The second-order valence-electron chi connectivity index (χ2n) is 7.22. The van der Waals surface area contributed by atoms with Crippen LogP contribution in [0.4, 0.5) is 36.2 Å². The second kappa shape index (κ2) is 8.99. The summed E-state index contributed by atoms with van der Waals surface area (Å²) >= 11 is 5.87. The first-order chi connectivity index (χ1) is 15.3. The lowest BCUT2D eigenvalue weighted by Gasteiger charge is -2.34. The molecule has 3 heterocycles. The summed E-state index contributed by atoms with van der Waals surface area (Å²) < 4.78 is 40.8. The summed E-state index contributed by atoms with van der Waals surface area (Å²) in [6.07, 6.45) is 1.87. The molecule has 0 aliphatic carbocycles. The average Bonchev–Trinajstić information content (AvgIpc) is 2.77. The van der Waals surface area contributed by atoms with E-state index in [9.17, 15) is 18.0 Å². The Kier molecular flexibility index (Phi) is 6.13. The van der Waals surface area contributed by atoms with Gasteiger partial charge in [0.2, 0.25) is 11.9 Å². The van der Waals surface area contributed by atoms with E-state index in [-0.39, 0.29) is 48.9 Å². The van der Waals surface area contributed by atoms with E-state index in [1.807, 2.05) is 0 Å². The number of carbonyl (C=O) groups excluding carboxylic acids is 1. The highest BCUT2D eigenvalue weighted by molar-refractivity contribution is 6.30. The molecule has 1 aromatic carbocycles. The molecular weight excluding hydrogens is 445 g/mol. The minimum Gasteiger partial charge on any atom is -0.369 e. The minimum atomic E-state index is -2.75. The Morgan fingerprint density at radius 1 is 1.09 bits per heavy atom. The number of benzene rings is 1. The maximum absolute atomic E-state index is 13.8. The van der Waals surface area contributed by atoms with Gasteiger partial charge >= 0.3 is 0 Å². The summed E-state index contributed by atoms with van der Waals surface area (Å²) in [6, 6.07) is 9.39. The Labute approximate surface area is 186 Å². The number of pyridine rings is 1. The highest BCUT2D eigenvalue weighted by Gasteiger charge is 2.35. The molecule has 4 rings (SSSR count). The Bertz CT molecular complexity index is 1120. The fraction of sp³-hybridized carbons (Fsp3) is 0.238. The van der Waals surface area contributed by atoms with Gasteiger partial charge in [0.1, 0.15) is 5.69 Å². The van der Waals surface area contributed by atoms with Crippen molar-refractivity contribution in [1.29, 1.82) is 0 Å². The monoisotopic (exact) mass is 462 g/mol. The number of anilines is 4. The smallest absolute Gasteiger partial charge is 0.274 e. The predicted molar refractivity (Wildman–Crippen MR) is 115 cm³/mol. The van der Waals surface area contributed by atoms with Gasteiger partial charge in [-0.15, -0.1) is 0 Å². The predicted octanol–water partition coefficient (Wildman–Crippen LogP) is 4.90. The first-order valence-electron chi connectivity index (χ1n) is 9.74. The molecule has 1 amide bonds. The number of aromatic nitrogens is 3. The van der Waals surface area contributed by atoms with Crippen molar-refractivity contribution >= 4 is 40.5 Å². The van der Waals surface area contributed by atoms with Crippen LogP contribution >= 0.6 is 11.6 Å². The summed E-state index contributed by atoms with van der Waals surface area (Å²) in [5.41, 5.74) is 1.22. The Hall–Kier alpha value is -3.40. The highest BCUT2D eigenvalue weighted by Crippen LogP contribution is 2.34. The number of alkyl halides is 2. The van der Waals surface area contributed by atoms with Crippen LogP contribution in [0.3, 0.4) is 0 Å². The molecule has 0 spiro atoms. The zero-order chi connectivity index (χ0) is 22.7. The van der Waals surface area contributed by atoms with Gasteiger partial charge in [-0.2, -0.15) is 4.39 Å². The number of amides is 1. The third kappa shape index (κ3) is 5.25. The first-order valence-corrected chi connectivity index (χ1v) is 10.1. The normalized spacial score (nSPS) is 15.3. The van der Waals surface area contributed by atoms with Crippen molar-refractivity contribution in [2.45, 2.75) is 18.8 Å². The molecule has 0 bridgehead atoms. The van der Waals surface area contributed by atoms with Gasteiger partial charge in [-0.25, -0.2) is 23.7 Å². The zero-order valence-electron chi connectivity index (χ0n) is 16.7. The number of hydrogen-bond acceptors (Lipinski definition) is 6. The number of rotatable bonds is 5. The standard InChI is InChI=1S/C21H18ClF3N6O/c22-13-1-3-14(4-2-13)28-20-26-8-5-15(30-20)19(32)29-16-12-27-18(23)11-17(16)31-9-6-21(24,25)7-10-31/h1-5,8,11-12H,6-7,9-10H2,(H,29,32)(H,26,28,30). The van der Waals surface area contributed by atoms with Gasteiger partial charge in [0, 0.05) is 48.9 Å². The molecule has 11 heteroatoms. The summed E-state index contributed by atoms with van der Waals surface area (Å²) in [6.45, 7) is 0.0595. The van der Waals surface area contributed by atoms with Gasteiger partial charge in [0.15, 0.2) is 0 Å². The number of hydrogen-bond donors (Lipinski definition) is 2. The van der Waals surface area contributed by atoms with Gasteiger partial charge in [-0.1, -0.05) is 11.6 Å². The maximum Gasteiger partial charge on any atom is 0.274 e. The van der Waals surface area contributed by atoms with Crippen molar-refractivity contribution in [2.75, 3.05) is 28.6 Å². The summed E-state index contributed by atoms with van der Waals surface area (Å²) in [7, 11) is 0. The van der Waals surface area contributed by atoms with Crippen LogP contribution in [0, 0.1) is 5.95 Å². The summed E-state index contributed by atoms with van der Waals surface area (Å²) in [4.78, 5) is 26.2. The van der Waals surface area contributed by atoms with Gasteiger partial charge in [-0.05, 0) is 30.3 Å². The van der Waals surface area contributed by atoms with E-state index < -0.39 is 17.8 Å². The fourth-order valence-electron chi connectivity index (χ4n) is 3.25. The van der Waals surface area contributed by atoms with Crippen LogP contribution in [0.1, 0.15) is 23.3 Å². The molecule has 1 saturated heterocycles. The molecule has 2 aromatic heterocycles. The van der Waals surface area contributed by atoms with Gasteiger partial charge in [0.05, 0.1) is 17.6 Å². The third-order valence-electron chi connectivity index (χ3n) is 4.92. The number of piperidine rings is 1. The number of halogens is 4. The second-order valence-corrected chi connectivity index (χ2v) is 7.66. The van der Waals surface area contributed by atoms with Crippen molar-refractivity contribution in [3.05, 3.63) is 65.5 Å². The van der Waals surface area contributed by atoms with E-state index in [2.05, 4.69) is 25.6 Å². The zero-order valence-corrected chi connectivity index (χ0v) is 17.4. The van der Waals surface area contributed by atoms with Gasteiger partial charge in [-0.3, -0.25) is 4.79 Å². The van der Waals surface area contributed by atoms with Crippen LogP contribution in [0.2, 0.25) is 5.02 Å². The van der Waals surface area contributed by atoms with Crippen molar-refractivity contribution in [2.24, 2.45) is 0 Å².